The molecule has 0 fully saturated rings. The number of hydrogen-bond acceptors (Lipinski definition) is 4. The molecule has 0 spiro atoms. The predicted molar refractivity (Wildman–Crippen MR) is 93.5 cm³/mol. The summed E-state index contributed by atoms with van der Waals surface area (Å²) in [5.74, 6) is 1.10. The molecule has 1 aromatic carbocycles. The van der Waals surface area contributed by atoms with Crippen LogP contribution in [0, 0.1) is 0 Å². The van der Waals surface area contributed by atoms with E-state index in [0.717, 1.165) is 26.2 Å². The Morgan fingerprint density at radius 1 is 1.19 bits per heavy atom. The number of halogens is 1. The molecule has 5 heteroatoms. The van der Waals surface area contributed by atoms with Crippen molar-refractivity contribution in [3.8, 4) is 11.1 Å². The highest BCUT2D eigenvalue weighted by Gasteiger charge is 2.13. The maximum absolute atomic E-state index is 5.98. The van der Waals surface area contributed by atoms with E-state index in [9.17, 15) is 0 Å². The molecule has 2 aromatic heterocycles. The third-order valence-electron chi connectivity index (χ3n) is 3.23. The Hall–Kier alpha value is -1.10. The van der Waals surface area contributed by atoms with Crippen LogP contribution >= 0.6 is 34.7 Å². The number of hydrogen-bond donors (Lipinski definition) is 0. The highest BCUT2D eigenvalue weighted by atomic mass is 35.5. The first-order valence-corrected chi connectivity index (χ1v) is 9.15. The van der Waals surface area contributed by atoms with Crippen LogP contribution in [0.2, 0.25) is 5.02 Å². The van der Waals surface area contributed by atoms with Gasteiger partial charge in [-0.25, -0.2) is 9.97 Å². The van der Waals surface area contributed by atoms with Crippen molar-refractivity contribution >= 4 is 44.9 Å². The van der Waals surface area contributed by atoms with Gasteiger partial charge in [0.05, 0.1) is 5.39 Å². The molecule has 0 bridgehead atoms. The number of benzene rings is 1. The minimum absolute atomic E-state index is 0.757. The van der Waals surface area contributed by atoms with Crippen LogP contribution in [0.15, 0.2) is 41.0 Å². The van der Waals surface area contributed by atoms with Crippen molar-refractivity contribution in [2.24, 2.45) is 0 Å². The second-order valence-corrected chi connectivity index (χ2v) is 7.10. The number of nitrogens with zero attached hydrogens (tertiary/aromatic N) is 2. The van der Waals surface area contributed by atoms with E-state index in [4.69, 9.17) is 11.6 Å². The summed E-state index contributed by atoms with van der Waals surface area (Å²) in [6.45, 7) is 2.21. The van der Waals surface area contributed by atoms with Crippen molar-refractivity contribution < 1.29 is 0 Å². The van der Waals surface area contributed by atoms with E-state index in [1.807, 2.05) is 23.9 Å². The molecule has 0 atom stereocenters. The molecule has 21 heavy (non-hydrogen) atoms. The molecule has 0 aliphatic heterocycles. The fraction of sp³-hybridized carbons (Fsp3) is 0.250. The Balaban J connectivity index is 2.04. The van der Waals surface area contributed by atoms with Gasteiger partial charge < -0.3 is 0 Å². The molecule has 0 radical (unpaired) electrons. The molecule has 108 valence electrons. The van der Waals surface area contributed by atoms with Gasteiger partial charge in [-0.3, -0.25) is 0 Å². The molecule has 0 saturated heterocycles. The number of rotatable bonds is 5. The van der Waals surface area contributed by atoms with Gasteiger partial charge in [0.1, 0.15) is 16.2 Å². The van der Waals surface area contributed by atoms with Gasteiger partial charge in [0.25, 0.3) is 0 Å². The van der Waals surface area contributed by atoms with Gasteiger partial charge in [-0.2, -0.15) is 0 Å². The van der Waals surface area contributed by atoms with E-state index in [2.05, 4.69) is 34.4 Å². The first-order valence-electron chi connectivity index (χ1n) is 6.90. The van der Waals surface area contributed by atoms with Crippen LogP contribution in [0.25, 0.3) is 21.3 Å². The van der Waals surface area contributed by atoms with E-state index in [0.29, 0.717) is 0 Å². The maximum Gasteiger partial charge on any atom is 0.128 e. The van der Waals surface area contributed by atoms with Crippen molar-refractivity contribution in [3.63, 3.8) is 0 Å². The average molecular weight is 335 g/mol. The van der Waals surface area contributed by atoms with Crippen molar-refractivity contribution in [3.05, 3.63) is 41.0 Å². The van der Waals surface area contributed by atoms with Gasteiger partial charge >= 0.3 is 0 Å². The molecule has 0 unspecified atom stereocenters. The Kier molecular flexibility index (Phi) is 4.78. The summed E-state index contributed by atoms with van der Waals surface area (Å²) in [5, 5.41) is 5.17. The van der Waals surface area contributed by atoms with Gasteiger partial charge in [-0.15, -0.1) is 23.1 Å². The fourth-order valence-corrected chi connectivity index (χ4v) is 4.32. The quantitative estimate of drug-likeness (QED) is 0.330. The van der Waals surface area contributed by atoms with E-state index in [1.54, 1.807) is 17.7 Å². The third-order valence-corrected chi connectivity index (χ3v) is 5.44. The first-order chi connectivity index (χ1) is 10.3. The van der Waals surface area contributed by atoms with Gasteiger partial charge in [0, 0.05) is 16.0 Å². The summed E-state index contributed by atoms with van der Waals surface area (Å²) < 4.78 is 0. The molecule has 0 aliphatic carbocycles. The van der Waals surface area contributed by atoms with Crippen molar-refractivity contribution in [1.29, 1.82) is 0 Å². The van der Waals surface area contributed by atoms with E-state index in [-0.39, 0.29) is 0 Å². The smallest absolute Gasteiger partial charge is 0.128 e. The second-order valence-electron chi connectivity index (χ2n) is 4.72. The number of unbranched alkanes of at least 4 members (excludes halogenated alkanes) is 1. The average Bonchev–Trinajstić information content (AvgIpc) is 2.93. The lowest BCUT2D eigenvalue weighted by Crippen LogP contribution is -1.87. The Bertz CT molecular complexity index is 738. The summed E-state index contributed by atoms with van der Waals surface area (Å²) >= 11 is 9.47. The number of thioether (sulfide) groups is 1. The summed E-state index contributed by atoms with van der Waals surface area (Å²) in [7, 11) is 0. The van der Waals surface area contributed by atoms with Crippen LogP contribution < -0.4 is 0 Å². The van der Waals surface area contributed by atoms with Gasteiger partial charge in [0.15, 0.2) is 0 Å². The molecule has 2 nitrogen and oxygen atoms in total. The van der Waals surface area contributed by atoms with E-state index in [1.165, 1.54) is 23.8 Å². The van der Waals surface area contributed by atoms with Crippen LogP contribution in [-0.2, 0) is 0 Å². The van der Waals surface area contributed by atoms with Gasteiger partial charge in [0.2, 0.25) is 0 Å². The number of thiophene rings is 1. The normalized spacial score (nSPS) is 11.1. The minimum Gasteiger partial charge on any atom is -0.229 e. The third kappa shape index (κ3) is 3.23. The first kappa shape index (κ1) is 14.8. The van der Waals surface area contributed by atoms with Crippen molar-refractivity contribution in [1.82, 2.24) is 9.97 Å². The lowest BCUT2D eigenvalue weighted by molar-refractivity contribution is 0.895. The zero-order chi connectivity index (χ0) is 14.7. The van der Waals surface area contributed by atoms with Crippen LogP contribution in [0.3, 0.4) is 0 Å². The van der Waals surface area contributed by atoms with E-state index < -0.39 is 0 Å². The predicted octanol–water partition coefficient (Wildman–Crippen LogP) is 5.90. The molecular weight excluding hydrogens is 320 g/mol. The molecular formula is C16H15ClN2S2. The largest absolute Gasteiger partial charge is 0.229 e. The van der Waals surface area contributed by atoms with Crippen LogP contribution in [0.4, 0.5) is 0 Å². The zero-order valence-corrected chi connectivity index (χ0v) is 14.1. The Morgan fingerprint density at radius 3 is 2.76 bits per heavy atom. The highest BCUT2D eigenvalue weighted by Crippen LogP contribution is 2.38. The zero-order valence-electron chi connectivity index (χ0n) is 11.7. The summed E-state index contributed by atoms with van der Waals surface area (Å²) in [5.41, 5.74) is 2.36. The van der Waals surface area contributed by atoms with E-state index >= 15 is 0 Å². The van der Waals surface area contributed by atoms with Crippen LogP contribution in [-0.4, -0.2) is 15.7 Å². The lowest BCUT2D eigenvalue weighted by atomic mass is 10.1. The fourth-order valence-electron chi connectivity index (χ4n) is 2.11. The monoisotopic (exact) mass is 334 g/mol. The molecule has 0 N–H and O–H groups in total. The Morgan fingerprint density at radius 2 is 2.00 bits per heavy atom. The summed E-state index contributed by atoms with van der Waals surface area (Å²) in [6.07, 6.45) is 4.07. The minimum atomic E-state index is 0.757. The SMILES string of the molecule is CCCCSc1ncnc2scc(-c3ccc(Cl)cc3)c12. The lowest BCUT2D eigenvalue weighted by Gasteiger charge is -2.05. The molecule has 0 amide bonds. The second kappa shape index (κ2) is 6.77. The van der Waals surface area contributed by atoms with Crippen LogP contribution in [0.5, 0.6) is 0 Å². The summed E-state index contributed by atoms with van der Waals surface area (Å²) in [6, 6.07) is 7.96. The van der Waals surface area contributed by atoms with Gasteiger partial charge in [-0.1, -0.05) is 37.1 Å². The molecule has 0 saturated carbocycles. The number of aromatic nitrogens is 2. The molecule has 3 aromatic rings. The maximum atomic E-state index is 5.98. The highest BCUT2D eigenvalue weighted by molar-refractivity contribution is 7.99. The number of fused-ring (bicyclic) bond motifs is 1. The van der Waals surface area contributed by atoms with Gasteiger partial charge in [-0.05, 0) is 29.9 Å². The van der Waals surface area contributed by atoms with Crippen molar-refractivity contribution in [2.75, 3.05) is 5.75 Å². The molecule has 2 heterocycles. The topological polar surface area (TPSA) is 25.8 Å². The standard InChI is InChI=1S/C16H15ClN2S2/c1-2-3-8-20-15-14-13(9-21-16(14)19-10-18-15)11-4-6-12(17)7-5-11/h4-7,9-10H,2-3,8H2,1H3. The Labute approximate surface area is 137 Å². The van der Waals surface area contributed by atoms with Crippen LogP contribution in [0.1, 0.15) is 19.8 Å². The summed E-state index contributed by atoms with van der Waals surface area (Å²) in [4.78, 5) is 9.94. The van der Waals surface area contributed by atoms with Crippen molar-refractivity contribution in [2.45, 2.75) is 24.8 Å². The molecule has 3 rings (SSSR count). The molecule has 0 aliphatic rings.